The molecule has 1 fully saturated rings. The highest BCUT2D eigenvalue weighted by molar-refractivity contribution is 6.23. The third kappa shape index (κ3) is 2.70. The Bertz CT molecular complexity index is 1080. The molecule has 0 unspecified atom stereocenters. The summed E-state index contributed by atoms with van der Waals surface area (Å²) in [4.78, 5) is 49.4. The molecule has 0 spiro atoms. The van der Waals surface area contributed by atoms with Crippen molar-refractivity contribution < 1.29 is 14.5 Å². The Balaban J connectivity index is 1.87. The van der Waals surface area contributed by atoms with Crippen molar-refractivity contribution >= 4 is 29.0 Å². The van der Waals surface area contributed by atoms with Crippen LogP contribution in [0.15, 0.2) is 29.1 Å². The van der Waals surface area contributed by atoms with Crippen LogP contribution in [0.2, 0.25) is 0 Å². The molecule has 4 rings (SSSR count). The lowest BCUT2D eigenvalue weighted by molar-refractivity contribution is -0.384. The van der Waals surface area contributed by atoms with Crippen LogP contribution in [0, 0.1) is 10.1 Å². The molecular weight excluding hydrogens is 366 g/mol. The smallest absolute Gasteiger partial charge is 0.294 e. The molecule has 0 saturated carbocycles. The number of nitro benzene ring substituents is 1. The van der Waals surface area contributed by atoms with E-state index in [0.29, 0.717) is 5.69 Å². The fourth-order valence-electron chi connectivity index (χ4n) is 3.75. The molecule has 10 nitrogen and oxygen atoms in total. The fraction of sp³-hybridized carbons (Fsp3) is 0.278. The maximum atomic E-state index is 12.5. The van der Waals surface area contributed by atoms with Gasteiger partial charge in [-0.25, -0.2) is 0 Å². The van der Waals surface area contributed by atoms with Crippen LogP contribution < -0.4 is 21.5 Å². The number of piperidine rings is 1. The van der Waals surface area contributed by atoms with Gasteiger partial charge in [0, 0.05) is 25.2 Å². The number of nitro groups is 1. The minimum Gasteiger partial charge on any atom is -0.384 e. The quantitative estimate of drug-likeness (QED) is 0.461. The summed E-state index contributed by atoms with van der Waals surface area (Å²) in [5.74, 6) is -1.63. The number of aromatic nitrogens is 1. The summed E-state index contributed by atoms with van der Waals surface area (Å²) in [5, 5.41) is 13.7. The van der Waals surface area contributed by atoms with Gasteiger partial charge in [-0.1, -0.05) is 0 Å². The summed E-state index contributed by atoms with van der Waals surface area (Å²) in [5.41, 5.74) is 5.64. The second-order valence-electron chi connectivity index (χ2n) is 6.75. The number of nitrogens with two attached hydrogens (primary N) is 1. The lowest BCUT2D eigenvalue weighted by atomic mass is 10.1. The van der Waals surface area contributed by atoms with E-state index in [1.54, 1.807) is 12.1 Å². The van der Waals surface area contributed by atoms with Gasteiger partial charge in [-0.05, 0) is 31.4 Å². The van der Waals surface area contributed by atoms with Gasteiger partial charge in [-0.3, -0.25) is 34.4 Å². The summed E-state index contributed by atoms with van der Waals surface area (Å²) in [6.07, 6.45) is 3.00. The monoisotopic (exact) mass is 383 g/mol. The van der Waals surface area contributed by atoms with Crippen LogP contribution in [0.4, 0.5) is 17.2 Å². The van der Waals surface area contributed by atoms with E-state index in [2.05, 4.69) is 5.32 Å². The van der Waals surface area contributed by atoms with Gasteiger partial charge in [0.25, 0.3) is 23.1 Å². The molecule has 1 saturated heterocycles. The number of pyridine rings is 1. The first-order chi connectivity index (χ1) is 13.4. The van der Waals surface area contributed by atoms with Crippen LogP contribution in [0.3, 0.4) is 0 Å². The summed E-state index contributed by atoms with van der Waals surface area (Å²) < 4.78 is 1.00. The van der Waals surface area contributed by atoms with Gasteiger partial charge < -0.3 is 10.6 Å². The van der Waals surface area contributed by atoms with Crippen LogP contribution in [-0.2, 0) is 0 Å². The zero-order chi connectivity index (χ0) is 20.0. The molecule has 144 valence electrons. The van der Waals surface area contributed by atoms with Crippen molar-refractivity contribution in [3.63, 3.8) is 0 Å². The summed E-state index contributed by atoms with van der Waals surface area (Å²) in [6.45, 7) is 1.45. The summed E-state index contributed by atoms with van der Waals surface area (Å²) in [7, 11) is 0. The molecule has 0 radical (unpaired) electrons. The maximum absolute atomic E-state index is 12.5. The topological polar surface area (TPSA) is 141 Å². The zero-order valence-corrected chi connectivity index (χ0v) is 14.8. The average molecular weight is 383 g/mol. The second kappa shape index (κ2) is 6.48. The number of benzene rings is 1. The number of nitrogen functional groups attached to an aromatic ring is 1. The Labute approximate surface area is 158 Å². The minimum absolute atomic E-state index is 0.0943. The van der Waals surface area contributed by atoms with Crippen LogP contribution in [-0.4, -0.2) is 34.4 Å². The van der Waals surface area contributed by atoms with E-state index in [9.17, 15) is 24.5 Å². The fourth-order valence-corrected chi connectivity index (χ4v) is 3.75. The molecule has 3 N–H and O–H groups in total. The lowest BCUT2D eigenvalue weighted by Gasteiger charge is -2.28. The molecule has 0 bridgehead atoms. The summed E-state index contributed by atoms with van der Waals surface area (Å²) >= 11 is 0. The van der Waals surface area contributed by atoms with Crippen molar-refractivity contribution in [1.29, 1.82) is 0 Å². The Morgan fingerprint density at radius 2 is 1.75 bits per heavy atom. The van der Waals surface area contributed by atoms with Crippen LogP contribution in [0.1, 0.15) is 40.0 Å². The van der Waals surface area contributed by atoms with Gasteiger partial charge in [0.1, 0.15) is 11.5 Å². The molecule has 10 heteroatoms. The van der Waals surface area contributed by atoms with Crippen LogP contribution in [0.25, 0.3) is 5.69 Å². The minimum atomic E-state index is -0.703. The molecule has 3 heterocycles. The van der Waals surface area contributed by atoms with Gasteiger partial charge in [0.05, 0.1) is 21.7 Å². The highest BCUT2D eigenvalue weighted by Gasteiger charge is 2.32. The number of hydrogen-bond donors (Lipinski definition) is 2. The third-order valence-corrected chi connectivity index (χ3v) is 5.06. The van der Waals surface area contributed by atoms with Gasteiger partial charge >= 0.3 is 0 Å². The average Bonchev–Trinajstić information content (AvgIpc) is 2.96. The molecule has 2 aliphatic rings. The number of rotatable bonds is 3. The highest BCUT2D eigenvalue weighted by Crippen LogP contribution is 2.33. The van der Waals surface area contributed by atoms with Crippen molar-refractivity contribution in [2.24, 2.45) is 0 Å². The van der Waals surface area contributed by atoms with E-state index < -0.39 is 22.3 Å². The SMILES string of the molecule is Nc1c2c(cc(=O)n1-c1ccc(N3CCCCC3)c([N+](=O)[O-])c1)C(=O)NC2=O. The molecule has 28 heavy (non-hydrogen) atoms. The molecule has 2 aromatic rings. The molecule has 2 aliphatic heterocycles. The van der Waals surface area contributed by atoms with E-state index in [1.165, 1.54) is 6.07 Å². The van der Waals surface area contributed by atoms with Crippen molar-refractivity contribution in [3.05, 3.63) is 55.9 Å². The van der Waals surface area contributed by atoms with Gasteiger partial charge in [0.15, 0.2) is 0 Å². The second-order valence-corrected chi connectivity index (χ2v) is 6.75. The van der Waals surface area contributed by atoms with E-state index >= 15 is 0 Å². The number of hydrogen-bond acceptors (Lipinski definition) is 7. The molecule has 0 aliphatic carbocycles. The van der Waals surface area contributed by atoms with Crippen molar-refractivity contribution in [2.45, 2.75) is 19.3 Å². The Morgan fingerprint density at radius 3 is 2.43 bits per heavy atom. The number of carbonyl (C=O) groups excluding carboxylic acids is 2. The first-order valence-corrected chi connectivity index (χ1v) is 8.83. The van der Waals surface area contributed by atoms with Crippen molar-refractivity contribution in [2.75, 3.05) is 23.7 Å². The predicted molar refractivity (Wildman–Crippen MR) is 101 cm³/mol. The number of carbonyl (C=O) groups is 2. The predicted octanol–water partition coefficient (Wildman–Crippen LogP) is 1.20. The standard InChI is InChI=1S/C18H17N5O5/c19-16-15-11(17(25)20-18(15)26)9-14(24)22(16)10-4-5-12(13(8-10)23(27)28)21-6-2-1-3-7-21/h4-5,8-9H,1-3,6-7,19H2,(H,20,25,26). The normalized spacial score (nSPS) is 16.1. The maximum Gasteiger partial charge on any atom is 0.294 e. The van der Waals surface area contributed by atoms with Gasteiger partial charge in [-0.2, -0.15) is 0 Å². The lowest BCUT2D eigenvalue weighted by Crippen LogP contribution is -2.30. The summed E-state index contributed by atoms with van der Waals surface area (Å²) in [6, 6.07) is 5.41. The van der Waals surface area contributed by atoms with Gasteiger partial charge in [0.2, 0.25) is 0 Å². The highest BCUT2D eigenvalue weighted by atomic mass is 16.6. The van der Waals surface area contributed by atoms with Crippen LogP contribution in [0.5, 0.6) is 0 Å². The number of amides is 2. The van der Waals surface area contributed by atoms with Crippen molar-refractivity contribution in [1.82, 2.24) is 9.88 Å². The van der Waals surface area contributed by atoms with E-state index in [0.717, 1.165) is 43.0 Å². The van der Waals surface area contributed by atoms with Crippen molar-refractivity contribution in [3.8, 4) is 5.69 Å². The zero-order valence-electron chi connectivity index (χ0n) is 14.8. The molecule has 2 amide bonds. The third-order valence-electron chi connectivity index (χ3n) is 5.06. The Morgan fingerprint density at radius 1 is 1.04 bits per heavy atom. The molecule has 0 atom stereocenters. The van der Waals surface area contributed by atoms with Crippen LogP contribution >= 0.6 is 0 Å². The van der Waals surface area contributed by atoms with E-state index in [4.69, 9.17) is 5.73 Å². The number of imide groups is 1. The largest absolute Gasteiger partial charge is 0.384 e. The number of anilines is 2. The number of nitrogens with one attached hydrogen (secondary N) is 1. The molecule has 1 aromatic heterocycles. The first-order valence-electron chi connectivity index (χ1n) is 8.83. The van der Waals surface area contributed by atoms with Gasteiger partial charge in [-0.15, -0.1) is 0 Å². The first kappa shape index (κ1) is 17.7. The molecular formula is C18H17N5O5. The Kier molecular flexibility index (Phi) is 4.10. The van der Waals surface area contributed by atoms with E-state index in [-0.39, 0.29) is 28.3 Å². The Hall–Kier alpha value is -3.69. The number of nitrogens with zero attached hydrogens (tertiary/aromatic N) is 3. The molecule has 1 aromatic carbocycles. The van der Waals surface area contributed by atoms with E-state index in [1.807, 2.05) is 4.90 Å². The number of fused-ring (bicyclic) bond motifs is 1.